The molecule has 3 heterocycles. The smallest absolute Gasteiger partial charge is 0.262 e. The van der Waals surface area contributed by atoms with Crippen molar-refractivity contribution in [2.24, 2.45) is 0 Å². The Labute approximate surface area is 223 Å². The number of furan rings is 1. The average molecular weight is 533 g/mol. The summed E-state index contributed by atoms with van der Waals surface area (Å²) in [5, 5.41) is 6.67. The van der Waals surface area contributed by atoms with Crippen molar-refractivity contribution in [1.82, 2.24) is 20.2 Å². The number of benzene rings is 2. The molecule has 38 heavy (non-hydrogen) atoms. The minimum absolute atomic E-state index is 0.0774. The fourth-order valence-corrected chi connectivity index (χ4v) is 5.06. The number of rotatable bonds is 10. The number of carbonyl (C=O) groups is 2. The van der Waals surface area contributed by atoms with Gasteiger partial charge in [-0.3, -0.25) is 19.0 Å². The van der Waals surface area contributed by atoms with Crippen LogP contribution in [-0.2, 0) is 22.6 Å². The topological polar surface area (TPSA) is 115 Å². The first kappa shape index (κ1) is 25.7. The molecule has 2 aromatic carbocycles. The molecule has 1 fully saturated rings. The second kappa shape index (κ2) is 12.1. The summed E-state index contributed by atoms with van der Waals surface area (Å²) < 4.78 is 12.4. The van der Waals surface area contributed by atoms with Gasteiger partial charge in [0, 0.05) is 18.7 Å². The van der Waals surface area contributed by atoms with E-state index < -0.39 is 0 Å². The first-order valence-electron chi connectivity index (χ1n) is 12.5. The molecule has 2 N–H and O–H groups in total. The van der Waals surface area contributed by atoms with Gasteiger partial charge in [0.2, 0.25) is 5.91 Å². The molecule has 5 rings (SSSR count). The molecule has 9 nitrogen and oxygen atoms in total. The van der Waals surface area contributed by atoms with Crippen molar-refractivity contribution >= 4 is 34.5 Å². The van der Waals surface area contributed by atoms with Crippen LogP contribution < -0.4 is 16.2 Å². The average Bonchev–Trinajstić information content (AvgIpc) is 3.66. The molecule has 0 saturated carbocycles. The zero-order valence-electron chi connectivity index (χ0n) is 20.7. The van der Waals surface area contributed by atoms with Gasteiger partial charge in [-0.15, -0.1) is 0 Å². The number of nitrogens with zero attached hydrogens (tertiary/aromatic N) is 2. The van der Waals surface area contributed by atoms with E-state index in [4.69, 9.17) is 9.15 Å². The standard InChI is InChI=1S/C28H28N4O5S/c33-25(29-15-21-5-3-13-36-21)18-38-28-31-24-8-2-1-7-23(24)27(35)32(28)17-19-9-11-20(12-10-19)26(34)30-16-22-6-4-14-37-22/h1-3,5,7-13,22H,4,6,14-18H2,(H,29,33)(H,30,34)/t22-/m1/s1. The molecule has 0 unspecified atom stereocenters. The first-order chi connectivity index (χ1) is 18.6. The SMILES string of the molecule is O=C(CSc1nc2ccccc2c(=O)n1Cc1ccc(C(=O)NC[C@H]2CCCO2)cc1)NCc1ccco1. The molecule has 196 valence electrons. The lowest BCUT2D eigenvalue weighted by Gasteiger charge is -2.14. The van der Waals surface area contributed by atoms with Crippen molar-refractivity contribution in [2.45, 2.75) is 37.2 Å². The van der Waals surface area contributed by atoms with Gasteiger partial charge < -0.3 is 19.8 Å². The van der Waals surface area contributed by atoms with Crippen LogP contribution in [0.25, 0.3) is 10.9 Å². The van der Waals surface area contributed by atoms with Crippen LogP contribution in [0.15, 0.2) is 81.3 Å². The minimum atomic E-state index is -0.196. The quantitative estimate of drug-likeness (QED) is 0.238. The zero-order valence-corrected chi connectivity index (χ0v) is 21.5. The van der Waals surface area contributed by atoms with Crippen molar-refractivity contribution in [2.75, 3.05) is 18.9 Å². The Balaban J connectivity index is 1.29. The summed E-state index contributed by atoms with van der Waals surface area (Å²) in [5.74, 6) is 0.398. The molecule has 1 saturated heterocycles. The predicted molar refractivity (Wildman–Crippen MR) is 144 cm³/mol. The van der Waals surface area contributed by atoms with Gasteiger partial charge in [0.1, 0.15) is 5.76 Å². The van der Waals surface area contributed by atoms with Crippen LogP contribution in [0.2, 0.25) is 0 Å². The molecule has 1 atom stereocenters. The van der Waals surface area contributed by atoms with E-state index in [0.29, 0.717) is 33.9 Å². The molecule has 2 aromatic heterocycles. The van der Waals surface area contributed by atoms with E-state index in [-0.39, 0.29) is 42.3 Å². The summed E-state index contributed by atoms with van der Waals surface area (Å²) in [6.07, 6.45) is 3.61. The molecule has 0 bridgehead atoms. The highest BCUT2D eigenvalue weighted by molar-refractivity contribution is 7.99. The number of ether oxygens (including phenoxy) is 1. The van der Waals surface area contributed by atoms with Crippen molar-refractivity contribution in [3.05, 3.63) is 94.2 Å². The highest BCUT2D eigenvalue weighted by Gasteiger charge is 2.17. The molecule has 0 radical (unpaired) electrons. The molecular formula is C28H28N4O5S. The first-order valence-corrected chi connectivity index (χ1v) is 13.5. The Hall–Kier alpha value is -3.89. The molecule has 0 aliphatic carbocycles. The van der Waals surface area contributed by atoms with Gasteiger partial charge in [-0.2, -0.15) is 0 Å². The maximum Gasteiger partial charge on any atom is 0.262 e. The van der Waals surface area contributed by atoms with Gasteiger partial charge in [0.25, 0.3) is 11.5 Å². The van der Waals surface area contributed by atoms with Crippen LogP contribution in [0.1, 0.15) is 34.5 Å². The third kappa shape index (κ3) is 6.32. The Morgan fingerprint density at radius 1 is 1.05 bits per heavy atom. The number of carbonyl (C=O) groups excluding carboxylic acids is 2. The number of hydrogen-bond acceptors (Lipinski definition) is 7. The molecule has 4 aromatic rings. The van der Waals surface area contributed by atoms with E-state index in [1.165, 1.54) is 11.8 Å². The molecule has 10 heteroatoms. The largest absolute Gasteiger partial charge is 0.467 e. The summed E-state index contributed by atoms with van der Waals surface area (Å²) >= 11 is 1.20. The third-order valence-electron chi connectivity index (χ3n) is 6.27. The molecular weight excluding hydrogens is 504 g/mol. The van der Waals surface area contributed by atoms with E-state index in [9.17, 15) is 14.4 Å². The number of amides is 2. The highest BCUT2D eigenvalue weighted by atomic mass is 32.2. The van der Waals surface area contributed by atoms with Gasteiger partial charge in [0.05, 0.1) is 42.1 Å². The third-order valence-corrected chi connectivity index (χ3v) is 7.25. The van der Waals surface area contributed by atoms with Crippen LogP contribution in [0.4, 0.5) is 0 Å². The number of aromatic nitrogens is 2. The van der Waals surface area contributed by atoms with Crippen molar-refractivity contribution < 1.29 is 18.7 Å². The second-order valence-electron chi connectivity index (χ2n) is 8.99. The zero-order chi connectivity index (χ0) is 26.3. The maximum absolute atomic E-state index is 13.4. The van der Waals surface area contributed by atoms with Crippen LogP contribution >= 0.6 is 11.8 Å². The lowest BCUT2D eigenvalue weighted by Crippen LogP contribution is -2.31. The highest BCUT2D eigenvalue weighted by Crippen LogP contribution is 2.19. The molecule has 1 aliphatic heterocycles. The number of nitrogens with one attached hydrogen (secondary N) is 2. The summed E-state index contributed by atoms with van der Waals surface area (Å²) in [6.45, 7) is 1.78. The molecule has 2 amide bonds. The lowest BCUT2D eigenvalue weighted by molar-refractivity contribution is -0.118. The number of para-hydroxylation sites is 1. The maximum atomic E-state index is 13.4. The van der Waals surface area contributed by atoms with E-state index >= 15 is 0 Å². The van der Waals surface area contributed by atoms with Gasteiger partial charge in [-0.05, 0) is 54.8 Å². The monoisotopic (exact) mass is 532 g/mol. The summed E-state index contributed by atoms with van der Waals surface area (Å²) in [5.41, 5.74) is 1.76. The predicted octanol–water partition coefficient (Wildman–Crippen LogP) is 3.36. The van der Waals surface area contributed by atoms with Crippen LogP contribution in [0.3, 0.4) is 0 Å². The molecule has 0 spiro atoms. The lowest BCUT2D eigenvalue weighted by atomic mass is 10.1. The summed E-state index contributed by atoms with van der Waals surface area (Å²) in [7, 11) is 0. The second-order valence-corrected chi connectivity index (χ2v) is 9.93. The minimum Gasteiger partial charge on any atom is -0.467 e. The molecule has 1 aliphatic rings. The fourth-order valence-electron chi connectivity index (χ4n) is 4.24. The van der Waals surface area contributed by atoms with Gasteiger partial charge in [-0.25, -0.2) is 4.98 Å². The normalized spacial score (nSPS) is 15.0. The number of thioether (sulfide) groups is 1. The van der Waals surface area contributed by atoms with Crippen molar-refractivity contribution in [3.8, 4) is 0 Å². The van der Waals surface area contributed by atoms with Crippen LogP contribution in [-0.4, -0.2) is 46.4 Å². The van der Waals surface area contributed by atoms with Crippen LogP contribution in [0.5, 0.6) is 0 Å². The summed E-state index contributed by atoms with van der Waals surface area (Å²) in [4.78, 5) is 43.0. The Bertz CT molecular complexity index is 1460. The number of hydrogen-bond donors (Lipinski definition) is 2. The van der Waals surface area contributed by atoms with Crippen molar-refractivity contribution in [3.63, 3.8) is 0 Å². The Morgan fingerprint density at radius 2 is 1.89 bits per heavy atom. The van der Waals surface area contributed by atoms with Gasteiger partial charge >= 0.3 is 0 Å². The van der Waals surface area contributed by atoms with Gasteiger partial charge in [-0.1, -0.05) is 36.0 Å². The summed E-state index contributed by atoms with van der Waals surface area (Å²) in [6, 6.07) is 17.8. The number of fused-ring (bicyclic) bond motifs is 1. The van der Waals surface area contributed by atoms with E-state index in [1.54, 1.807) is 53.3 Å². The van der Waals surface area contributed by atoms with Crippen molar-refractivity contribution in [1.29, 1.82) is 0 Å². The van der Waals surface area contributed by atoms with E-state index in [1.807, 2.05) is 18.2 Å². The Kier molecular flexibility index (Phi) is 8.20. The van der Waals surface area contributed by atoms with E-state index in [0.717, 1.165) is 25.0 Å². The van der Waals surface area contributed by atoms with Crippen LogP contribution in [0, 0.1) is 0 Å². The Morgan fingerprint density at radius 3 is 2.66 bits per heavy atom. The fraction of sp³-hybridized carbons (Fsp3) is 0.286. The van der Waals surface area contributed by atoms with Gasteiger partial charge in [0.15, 0.2) is 5.16 Å². The van der Waals surface area contributed by atoms with E-state index in [2.05, 4.69) is 15.6 Å².